The van der Waals surface area contributed by atoms with Gasteiger partial charge in [0.25, 0.3) is 0 Å². The van der Waals surface area contributed by atoms with Crippen LogP contribution in [0.1, 0.15) is 53.5 Å². The fourth-order valence-corrected chi connectivity index (χ4v) is 4.20. The summed E-state index contributed by atoms with van der Waals surface area (Å²) in [6.45, 7) is 3.21. The second-order valence-corrected chi connectivity index (χ2v) is 8.13. The number of carbonyl (C=O) groups excluding carboxylic acids is 1. The number of hydrogen-bond donors (Lipinski definition) is 0. The Kier molecular flexibility index (Phi) is 6.30. The van der Waals surface area contributed by atoms with Crippen molar-refractivity contribution in [3.63, 3.8) is 0 Å². The van der Waals surface area contributed by atoms with E-state index in [1.807, 2.05) is 34.7 Å². The van der Waals surface area contributed by atoms with Gasteiger partial charge in [0.15, 0.2) is 0 Å². The second kappa shape index (κ2) is 9.14. The molecule has 1 atom stereocenters. The van der Waals surface area contributed by atoms with Crippen molar-refractivity contribution < 1.29 is 18.0 Å². The first-order chi connectivity index (χ1) is 15.3. The van der Waals surface area contributed by atoms with Crippen LogP contribution < -0.4 is 0 Å². The zero-order valence-corrected chi connectivity index (χ0v) is 17.8. The standard InChI is InChI=1S/C24H25F3N4O/c1-17-28-10-13-30(17)12-9-23(32)31-11-3-6-22(31)21-8-7-19(16-29-21)14-18-4-2-5-20(15-18)24(25,26)27/h2,4-5,7-8,10,13,15-16,22H,3,6,9,11-12,14H2,1H3. The number of nitrogens with zero attached hydrogens (tertiary/aromatic N) is 4. The maximum absolute atomic E-state index is 12.9. The number of halogens is 3. The van der Waals surface area contributed by atoms with Crippen LogP contribution in [0.4, 0.5) is 13.2 Å². The first kappa shape index (κ1) is 22.0. The molecule has 0 radical (unpaired) electrons. The zero-order valence-electron chi connectivity index (χ0n) is 17.8. The Morgan fingerprint density at radius 2 is 2.00 bits per heavy atom. The number of alkyl halides is 3. The summed E-state index contributed by atoms with van der Waals surface area (Å²) in [6, 6.07) is 9.07. The van der Waals surface area contributed by atoms with Gasteiger partial charge in [-0.2, -0.15) is 13.2 Å². The minimum absolute atomic E-state index is 0.0611. The van der Waals surface area contributed by atoms with Gasteiger partial charge in [-0.3, -0.25) is 9.78 Å². The monoisotopic (exact) mass is 442 g/mol. The quantitative estimate of drug-likeness (QED) is 0.543. The molecule has 1 aliphatic heterocycles. The van der Waals surface area contributed by atoms with Crippen LogP contribution in [0.3, 0.4) is 0 Å². The Labute approximate surface area is 184 Å². The molecule has 5 nitrogen and oxygen atoms in total. The minimum atomic E-state index is -4.35. The fraction of sp³-hybridized carbons (Fsp3) is 0.375. The third-order valence-corrected chi connectivity index (χ3v) is 5.91. The van der Waals surface area contributed by atoms with Gasteiger partial charge in [0.1, 0.15) is 5.82 Å². The van der Waals surface area contributed by atoms with Crippen LogP contribution in [0, 0.1) is 6.92 Å². The highest BCUT2D eigenvalue weighted by molar-refractivity contribution is 5.77. The van der Waals surface area contributed by atoms with Crippen LogP contribution in [-0.4, -0.2) is 31.9 Å². The molecule has 1 aromatic carbocycles. The third kappa shape index (κ3) is 5.00. The summed E-state index contributed by atoms with van der Waals surface area (Å²) in [5.41, 5.74) is 1.59. The Hall–Kier alpha value is -3.16. The first-order valence-corrected chi connectivity index (χ1v) is 10.7. The Morgan fingerprint density at radius 3 is 2.69 bits per heavy atom. The van der Waals surface area contributed by atoms with Gasteiger partial charge < -0.3 is 9.47 Å². The van der Waals surface area contributed by atoms with Crippen molar-refractivity contribution in [2.45, 2.75) is 51.4 Å². The molecule has 1 fully saturated rings. The van der Waals surface area contributed by atoms with Gasteiger partial charge in [-0.15, -0.1) is 0 Å². The molecule has 0 aliphatic carbocycles. The molecule has 1 aliphatic rings. The number of pyridine rings is 1. The third-order valence-electron chi connectivity index (χ3n) is 5.91. The molecule has 8 heteroatoms. The number of imidazole rings is 1. The average molecular weight is 442 g/mol. The molecular formula is C24H25F3N4O. The largest absolute Gasteiger partial charge is 0.416 e. The molecule has 32 heavy (non-hydrogen) atoms. The zero-order chi connectivity index (χ0) is 22.7. The lowest BCUT2D eigenvalue weighted by atomic mass is 10.0. The normalized spacial score (nSPS) is 16.5. The molecule has 0 spiro atoms. The molecule has 0 saturated carbocycles. The highest BCUT2D eigenvalue weighted by atomic mass is 19.4. The van der Waals surface area contributed by atoms with Crippen LogP contribution in [0.5, 0.6) is 0 Å². The molecule has 1 amide bonds. The van der Waals surface area contributed by atoms with Gasteiger partial charge in [-0.05, 0) is 49.4 Å². The predicted octanol–water partition coefficient (Wildman–Crippen LogP) is 4.95. The van der Waals surface area contributed by atoms with Crippen LogP contribution in [0.25, 0.3) is 0 Å². The van der Waals surface area contributed by atoms with Gasteiger partial charge in [0.05, 0.1) is 17.3 Å². The summed E-state index contributed by atoms with van der Waals surface area (Å²) >= 11 is 0. The van der Waals surface area contributed by atoms with Gasteiger partial charge in [-0.25, -0.2) is 4.98 Å². The number of hydrogen-bond acceptors (Lipinski definition) is 3. The van der Waals surface area contributed by atoms with Crippen molar-refractivity contribution in [3.8, 4) is 0 Å². The van der Waals surface area contributed by atoms with Crippen LogP contribution in [-0.2, 0) is 23.9 Å². The first-order valence-electron chi connectivity index (χ1n) is 10.7. The average Bonchev–Trinajstić information content (AvgIpc) is 3.41. The van der Waals surface area contributed by atoms with E-state index in [9.17, 15) is 18.0 Å². The molecule has 0 N–H and O–H groups in total. The van der Waals surface area contributed by atoms with E-state index in [2.05, 4.69) is 9.97 Å². The number of rotatable bonds is 6. The van der Waals surface area contributed by atoms with Crippen molar-refractivity contribution in [1.82, 2.24) is 19.4 Å². The van der Waals surface area contributed by atoms with E-state index in [4.69, 9.17) is 0 Å². The van der Waals surface area contributed by atoms with Gasteiger partial charge >= 0.3 is 6.18 Å². The van der Waals surface area contributed by atoms with E-state index in [0.29, 0.717) is 31.5 Å². The Balaban J connectivity index is 1.40. The number of aromatic nitrogens is 3. The summed E-state index contributed by atoms with van der Waals surface area (Å²) in [6.07, 6.45) is 3.50. The van der Waals surface area contributed by atoms with Crippen molar-refractivity contribution in [2.75, 3.05) is 6.54 Å². The van der Waals surface area contributed by atoms with E-state index in [1.165, 1.54) is 12.1 Å². The second-order valence-electron chi connectivity index (χ2n) is 8.13. The van der Waals surface area contributed by atoms with Crippen LogP contribution >= 0.6 is 0 Å². The maximum Gasteiger partial charge on any atom is 0.416 e. The number of carbonyl (C=O) groups is 1. The summed E-state index contributed by atoms with van der Waals surface area (Å²) in [5.74, 6) is 0.976. The molecule has 2 aromatic heterocycles. The summed E-state index contributed by atoms with van der Waals surface area (Å²) < 4.78 is 40.8. The molecule has 1 saturated heterocycles. The van der Waals surface area contributed by atoms with Gasteiger partial charge in [-0.1, -0.05) is 24.3 Å². The van der Waals surface area contributed by atoms with E-state index < -0.39 is 11.7 Å². The van der Waals surface area contributed by atoms with Crippen molar-refractivity contribution in [1.29, 1.82) is 0 Å². The number of likely N-dealkylation sites (tertiary alicyclic amines) is 1. The van der Waals surface area contributed by atoms with E-state index >= 15 is 0 Å². The summed E-state index contributed by atoms with van der Waals surface area (Å²) in [7, 11) is 0. The predicted molar refractivity (Wildman–Crippen MR) is 114 cm³/mol. The minimum Gasteiger partial charge on any atom is -0.335 e. The molecule has 3 aromatic rings. The van der Waals surface area contributed by atoms with E-state index in [0.717, 1.165) is 36.0 Å². The molecular weight excluding hydrogens is 417 g/mol. The molecule has 0 bridgehead atoms. The smallest absolute Gasteiger partial charge is 0.335 e. The maximum atomic E-state index is 12.9. The SMILES string of the molecule is Cc1nccn1CCC(=O)N1CCCC1c1ccc(Cc2cccc(C(F)(F)F)c2)cn1. The van der Waals surface area contributed by atoms with E-state index in [-0.39, 0.29) is 11.9 Å². The van der Waals surface area contributed by atoms with Gasteiger partial charge in [0.2, 0.25) is 5.91 Å². The summed E-state index contributed by atoms with van der Waals surface area (Å²) in [5, 5.41) is 0. The lowest BCUT2D eigenvalue weighted by Crippen LogP contribution is -2.31. The number of amides is 1. The van der Waals surface area contributed by atoms with E-state index in [1.54, 1.807) is 18.5 Å². The Bertz CT molecular complexity index is 1080. The van der Waals surface area contributed by atoms with Gasteiger partial charge in [0, 0.05) is 38.1 Å². The number of benzene rings is 1. The van der Waals surface area contributed by atoms with Crippen molar-refractivity contribution in [2.24, 2.45) is 0 Å². The van der Waals surface area contributed by atoms with Crippen molar-refractivity contribution in [3.05, 3.63) is 83.2 Å². The number of aryl methyl sites for hydroxylation is 2. The highest BCUT2D eigenvalue weighted by Crippen LogP contribution is 2.32. The topological polar surface area (TPSA) is 51.0 Å². The molecule has 168 valence electrons. The molecule has 4 rings (SSSR count). The molecule has 3 heterocycles. The molecule has 1 unspecified atom stereocenters. The van der Waals surface area contributed by atoms with Crippen LogP contribution in [0.15, 0.2) is 55.0 Å². The summed E-state index contributed by atoms with van der Waals surface area (Å²) in [4.78, 5) is 23.5. The highest BCUT2D eigenvalue weighted by Gasteiger charge is 2.31. The van der Waals surface area contributed by atoms with Crippen LogP contribution in [0.2, 0.25) is 0 Å². The fourth-order valence-electron chi connectivity index (χ4n) is 4.20. The lowest BCUT2D eigenvalue weighted by molar-refractivity contribution is -0.137. The lowest BCUT2D eigenvalue weighted by Gasteiger charge is -2.24. The Morgan fingerprint density at radius 1 is 1.16 bits per heavy atom. The van der Waals surface area contributed by atoms with Crippen molar-refractivity contribution >= 4 is 5.91 Å².